The SMILES string of the molecule is CCCC(O)CNc1ccc(C#N)nc1. The van der Waals surface area contributed by atoms with Gasteiger partial charge >= 0.3 is 0 Å². The van der Waals surface area contributed by atoms with E-state index in [1.165, 1.54) is 0 Å². The molecule has 0 saturated heterocycles. The van der Waals surface area contributed by atoms with Crippen LogP contribution in [0.25, 0.3) is 0 Å². The molecule has 0 fully saturated rings. The highest BCUT2D eigenvalue weighted by Crippen LogP contribution is 2.06. The molecule has 0 amide bonds. The van der Waals surface area contributed by atoms with Crippen LogP contribution in [0.4, 0.5) is 5.69 Å². The van der Waals surface area contributed by atoms with Crippen molar-refractivity contribution < 1.29 is 5.11 Å². The maximum Gasteiger partial charge on any atom is 0.140 e. The molecule has 0 aliphatic heterocycles. The molecular formula is C11H15N3O. The summed E-state index contributed by atoms with van der Waals surface area (Å²) in [6.45, 7) is 2.55. The van der Waals surface area contributed by atoms with E-state index in [9.17, 15) is 5.11 Å². The molecule has 0 spiro atoms. The summed E-state index contributed by atoms with van der Waals surface area (Å²) < 4.78 is 0. The Morgan fingerprint density at radius 1 is 1.60 bits per heavy atom. The summed E-state index contributed by atoms with van der Waals surface area (Å²) in [6.07, 6.45) is 3.02. The van der Waals surface area contributed by atoms with E-state index in [2.05, 4.69) is 10.3 Å². The molecular weight excluding hydrogens is 190 g/mol. The average Bonchev–Trinajstić information content (AvgIpc) is 2.27. The topological polar surface area (TPSA) is 68.9 Å². The number of aliphatic hydroxyl groups excluding tert-OH is 1. The largest absolute Gasteiger partial charge is 0.391 e. The Kier molecular flexibility index (Phi) is 4.58. The van der Waals surface area contributed by atoms with Crippen LogP contribution in [-0.2, 0) is 0 Å². The summed E-state index contributed by atoms with van der Waals surface area (Å²) in [7, 11) is 0. The second kappa shape index (κ2) is 5.99. The van der Waals surface area contributed by atoms with Gasteiger partial charge in [-0.3, -0.25) is 0 Å². The first kappa shape index (κ1) is 11.5. The minimum atomic E-state index is -0.328. The molecule has 1 unspecified atom stereocenters. The summed E-state index contributed by atoms with van der Waals surface area (Å²) in [5.74, 6) is 0. The molecule has 1 aromatic heterocycles. The van der Waals surface area contributed by atoms with E-state index in [0.717, 1.165) is 18.5 Å². The minimum Gasteiger partial charge on any atom is -0.391 e. The molecule has 2 N–H and O–H groups in total. The van der Waals surface area contributed by atoms with Crippen LogP contribution in [0.2, 0.25) is 0 Å². The Bertz CT molecular complexity index is 329. The fraction of sp³-hybridized carbons (Fsp3) is 0.455. The Morgan fingerprint density at radius 2 is 2.40 bits per heavy atom. The third-order valence-corrected chi connectivity index (χ3v) is 2.04. The molecule has 0 aliphatic rings. The summed E-state index contributed by atoms with van der Waals surface area (Å²) in [6, 6.07) is 5.38. The van der Waals surface area contributed by atoms with Gasteiger partial charge in [0.25, 0.3) is 0 Å². The molecule has 4 nitrogen and oxygen atoms in total. The highest BCUT2D eigenvalue weighted by Gasteiger charge is 2.02. The number of nitrogens with zero attached hydrogens (tertiary/aromatic N) is 2. The Hall–Kier alpha value is -1.60. The van der Waals surface area contributed by atoms with Crippen molar-refractivity contribution in [2.75, 3.05) is 11.9 Å². The first-order chi connectivity index (χ1) is 7.26. The molecule has 0 aliphatic carbocycles. The molecule has 0 aromatic carbocycles. The third-order valence-electron chi connectivity index (χ3n) is 2.04. The zero-order chi connectivity index (χ0) is 11.1. The van der Waals surface area contributed by atoms with Crippen LogP contribution in [0, 0.1) is 11.3 Å². The van der Waals surface area contributed by atoms with Crippen LogP contribution in [0.3, 0.4) is 0 Å². The lowest BCUT2D eigenvalue weighted by molar-refractivity contribution is 0.176. The van der Waals surface area contributed by atoms with Crippen LogP contribution in [0.5, 0.6) is 0 Å². The number of anilines is 1. The Labute approximate surface area is 89.6 Å². The number of rotatable bonds is 5. The van der Waals surface area contributed by atoms with E-state index in [1.807, 2.05) is 13.0 Å². The highest BCUT2D eigenvalue weighted by atomic mass is 16.3. The van der Waals surface area contributed by atoms with Crippen molar-refractivity contribution in [2.45, 2.75) is 25.9 Å². The molecule has 15 heavy (non-hydrogen) atoms. The first-order valence-corrected chi connectivity index (χ1v) is 5.04. The van der Waals surface area contributed by atoms with Crippen LogP contribution in [-0.4, -0.2) is 22.7 Å². The lowest BCUT2D eigenvalue weighted by atomic mass is 10.2. The smallest absolute Gasteiger partial charge is 0.140 e. The van der Waals surface area contributed by atoms with Gasteiger partial charge in [0.15, 0.2) is 0 Å². The Balaban J connectivity index is 2.41. The van der Waals surface area contributed by atoms with E-state index in [0.29, 0.717) is 12.2 Å². The third kappa shape index (κ3) is 3.96. The summed E-state index contributed by atoms with van der Waals surface area (Å²) in [5.41, 5.74) is 1.22. The normalized spacial score (nSPS) is 11.8. The first-order valence-electron chi connectivity index (χ1n) is 5.04. The summed E-state index contributed by atoms with van der Waals surface area (Å²) >= 11 is 0. The maximum absolute atomic E-state index is 9.48. The molecule has 0 saturated carbocycles. The van der Waals surface area contributed by atoms with E-state index in [4.69, 9.17) is 5.26 Å². The fourth-order valence-corrected chi connectivity index (χ4v) is 1.24. The van der Waals surface area contributed by atoms with Crippen molar-refractivity contribution in [3.05, 3.63) is 24.0 Å². The summed E-state index contributed by atoms with van der Waals surface area (Å²) in [5, 5.41) is 21.1. The van der Waals surface area contributed by atoms with Crippen LogP contribution < -0.4 is 5.32 Å². The lowest BCUT2D eigenvalue weighted by Gasteiger charge is -2.11. The molecule has 4 heteroatoms. The van der Waals surface area contributed by atoms with Crippen LogP contribution >= 0.6 is 0 Å². The highest BCUT2D eigenvalue weighted by molar-refractivity contribution is 5.42. The predicted molar refractivity (Wildman–Crippen MR) is 58.4 cm³/mol. The molecule has 0 radical (unpaired) electrons. The number of hydrogen-bond acceptors (Lipinski definition) is 4. The van der Waals surface area contributed by atoms with Gasteiger partial charge in [0.1, 0.15) is 11.8 Å². The molecule has 1 atom stereocenters. The van der Waals surface area contributed by atoms with Gasteiger partial charge in [-0.2, -0.15) is 5.26 Å². The van der Waals surface area contributed by atoms with Gasteiger partial charge in [-0.05, 0) is 18.6 Å². The monoisotopic (exact) mass is 205 g/mol. The van der Waals surface area contributed by atoms with Crippen molar-refractivity contribution in [3.8, 4) is 6.07 Å². The van der Waals surface area contributed by atoms with Gasteiger partial charge in [0, 0.05) is 6.54 Å². The van der Waals surface area contributed by atoms with Crippen molar-refractivity contribution in [1.29, 1.82) is 5.26 Å². The van der Waals surface area contributed by atoms with Gasteiger partial charge in [-0.1, -0.05) is 13.3 Å². The van der Waals surface area contributed by atoms with Crippen molar-refractivity contribution in [1.82, 2.24) is 4.98 Å². The zero-order valence-electron chi connectivity index (χ0n) is 8.77. The van der Waals surface area contributed by atoms with Crippen molar-refractivity contribution in [2.24, 2.45) is 0 Å². The maximum atomic E-state index is 9.48. The number of aliphatic hydroxyl groups is 1. The van der Waals surface area contributed by atoms with E-state index in [1.54, 1.807) is 18.3 Å². The number of nitriles is 1. The minimum absolute atomic E-state index is 0.328. The van der Waals surface area contributed by atoms with Gasteiger partial charge in [0.2, 0.25) is 0 Å². The fourth-order valence-electron chi connectivity index (χ4n) is 1.24. The Morgan fingerprint density at radius 3 is 2.93 bits per heavy atom. The van der Waals surface area contributed by atoms with E-state index in [-0.39, 0.29) is 6.10 Å². The standard InChI is InChI=1S/C11H15N3O/c1-2-3-11(15)8-14-10-5-4-9(6-12)13-7-10/h4-5,7,11,14-15H,2-3,8H2,1H3. The number of aromatic nitrogens is 1. The quantitative estimate of drug-likeness (QED) is 0.764. The summed E-state index contributed by atoms with van der Waals surface area (Å²) in [4.78, 5) is 3.92. The second-order valence-electron chi connectivity index (χ2n) is 3.37. The van der Waals surface area contributed by atoms with E-state index >= 15 is 0 Å². The number of pyridine rings is 1. The lowest BCUT2D eigenvalue weighted by Crippen LogP contribution is -2.19. The van der Waals surface area contributed by atoms with Crippen molar-refractivity contribution in [3.63, 3.8) is 0 Å². The van der Waals surface area contributed by atoms with Crippen LogP contribution in [0.15, 0.2) is 18.3 Å². The molecule has 1 aromatic rings. The molecule has 1 rings (SSSR count). The van der Waals surface area contributed by atoms with Crippen molar-refractivity contribution >= 4 is 5.69 Å². The average molecular weight is 205 g/mol. The van der Waals surface area contributed by atoms with Gasteiger partial charge in [0.05, 0.1) is 18.0 Å². The zero-order valence-corrected chi connectivity index (χ0v) is 8.77. The number of nitrogens with one attached hydrogen (secondary N) is 1. The second-order valence-corrected chi connectivity index (χ2v) is 3.37. The predicted octanol–water partition coefficient (Wildman–Crippen LogP) is 1.53. The molecule has 1 heterocycles. The van der Waals surface area contributed by atoms with Crippen LogP contribution in [0.1, 0.15) is 25.5 Å². The number of hydrogen-bond donors (Lipinski definition) is 2. The van der Waals surface area contributed by atoms with E-state index < -0.39 is 0 Å². The van der Waals surface area contributed by atoms with Gasteiger partial charge in [-0.15, -0.1) is 0 Å². The molecule has 0 bridgehead atoms. The van der Waals surface area contributed by atoms with Gasteiger partial charge < -0.3 is 10.4 Å². The van der Waals surface area contributed by atoms with Gasteiger partial charge in [-0.25, -0.2) is 4.98 Å². The molecule has 80 valence electrons.